The van der Waals surface area contributed by atoms with Gasteiger partial charge in [0.2, 0.25) is 0 Å². The Morgan fingerprint density at radius 1 is 1.27 bits per heavy atom. The molecule has 0 unspecified atom stereocenters. The number of hydrogen-bond acceptors (Lipinski definition) is 2. The average Bonchev–Trinajstić information content (AvgIpc) is 2.26. The minimum atomic E-state index is 0.597. The second kappa shape index (κ2) is 5.76. The van der Waals surface area contributed by atoms with Crippen LogP contribution in [0.15, 0.2) is 24.3 Å². The number of hydrogen-bond donors (Lipinski definition) is 0. The van der Waals surface area contributed by atoms with E-state index in [4.69, 9.17) is 4.74 Å². The lowest BCUT2D eigenvalue weighted by atomic mass is 10.1. The third-order valence-electron chi connectivity index (χ3n) is 2.81. The van der Waals surface area contributed by atoms with Gasteiger partial charge in [0.15, 0.2) is 0 Å². The molecule has 0 heterocycles. The Bertz CT molecular complexity index is 296. The highest BCUT2D eigenvalue weighted by molar-refractivity contribution is 5.33. The van der Waals surface area contributed by atoms with Gasteiger partial charge >= 0.3 is 0 Å². The molecule has 0 aliphatic rings. The van der Waals surface area contributed by atoms with Crippen LogP contribution >= 0.6 is 0 Å². The summed E-state index contributed by atoms with van der Waals surface area (Å²) in [5, 5.41) is 0. The number of rotatable bonds is 5. The molecule has 1 rings (SSSR count). The van der Waals surface area contributed by atoms with Crippen molar-refractivity contribution in [3.8, 4) is 5.75 Å². The summed E-state index contributed by atoms with van der Waals surface area (Å²) in [5.74, 6) is 0.995. The van der Waals surface area contributed by atoms with Crippen LogP contribution in [0.3, 0.4) is 0 Å². The van der Waals surface area contributed by atoms with Crippen molar-refractivity contribution < 1.29 is 4.74 Å². The Morgan fingerprint density at radius 2 is 1.93 bits per heavy atom. The summed E-state index contributed by atoms with van der Waals surface area (Å²) < 4.78 is 5.32. The van der Waals surface area contributed by atoms with Gasteiger partial charge in [-0.15, -0.1) is 0 Å². The van der Waals surface area contributed by atoms with E-state index in [0.717, 1.165) is 18.7 Å². The zero-order chi connectivity index (χ0) is 11.3. The van der Waals surface area contributed by atoms with Gasteiger partial charge in [0.05, 0.1) is 7.11 Å². The largest absolute Gasteiger partial charge is 0.496 e. The van der Waals surface area contributed by atoms with Gasteiger partial charge in [-0.2, -0.15) is 0 Å². The topological polar surface area (TPSA) is 12.5 Å². The molecule has 2 nitrogen and oxygen atoms in total. The SMILES string of the molecule is COc1ccccc1CCN(C)C(C)C. The molecule has 0 amide bonds. The van der Waals surface area contributed by atoms with Crippen molar-refractivity contribution in [3.63, 3.8) is 0 Å². The van der Waals surface area contributed by atoms with Gasteiger partial charge in [0.1, 0.15) is 5.75 Å². The van der Waals surface area contributed by atoms with Crippen molar-refractivity contribution in [1.29, 1.82) is 0 Å². The number of nitrogens with zero attached hydrogens (tertiary/aromatic N) is 1. The molecule has 0 spiro atoms. The van der Waals surface area contributed by atoms with Crippen LogP contribution in [0.25, 0.3) is 0 Å². The quantitative estimate of drug-likeness (QED) is 0.736. The molecule has 0 aromatic heterocycles. The van der Waals surface area contributed by atoms with Gasteiger partial charge in [-0.1, -0.05) is 18.2 Å². The lowest BCUT2D eigenvalue weighted by molar-refractivity contribution is 0.276. The summed E-state index contributed by atoms with van der Waals surface area (Å²) in [4.78, 5) is 2.34. The minimum Gasteiger partial charge on any atom is -0.496 e. The second-order valence-electron chi connectivity index (χ2n) is 4.14. The fourth-order valence-corrected chi connectivity index (χ4v) is 1.46. The highest BCUT2D eigenvalue weighted by Gasteiger charge is 2.05. The molecule has 2 heteroatoms. The third kappa shape index (κ3) is 3.56. The molecule has 0 aliphatic carbocycles. The average molecular weight is 207 g/mol. The molecule has 0 atom stereocenters. The first-order valence-corrected chi connectivity index (χ1v) is 5.47. The van der Waals surface area contributed by atoms with E-state index in [0.29, 0.717) is 6.04 Å². The van der Waals surface area contributed by atoms with Crippen LogP contribution in [0.4, 0.5) is 0 Å². The second-order valence-corrected chi connectivity index (χ2v) is 4.14. The van der Waals surface area contributed by atoms with Gasteiger partial charge in [0.25, 0.3) is 0 Å². The molecule has 0 bridgehead atoms. The molecule has 0 saturated carbocycles. The number of para-hydroxylation sites is 1. The van der Waals surface area contributed by atoms with Crippen molar-refractivity contribution in [1.82, 2.24) is 4.90 Å². The van der Waals surface area contributed by atoms with E-state index in [1.165, 1.54) is 5.56 Å². The highest BCUT2D eigenvalue weighted by atomic mass is 16.5. The van der Waals surface area contributed by atoms with Crippen molar-refractivity contribution in [2.24, 2.45) is 0 Å². The summed E-state index contributed by atoms with van der Waals surface area (Å²) in [5.41, 5.74) is 1.28. The van der Waals surface area contributed by atoms with Crippen LogP contribution in [-0.2, 0) is 6.42 Å². The van der Waals surface area contributed by atoms with Crippen LogP contribution in [0.1, 0.15) is 19.4 Å². The van der Waals surface area contributed by atoms with Crippen molar-refractivity contribution in [2.45, 2.75) is 26.3 Å². The maximum absolute atomic E-state index is 5.32. The summed E-state index contributed by atoms with van der Waals surface area (Å²) in [6.45, 7) is 5.49. The zero-order valence-corrected chi connectivity index (χ0v) is 10.2. The van der Waals surface area contributed by atoms with Gasteiger partial charge in [0, 0.05) is 12.6 Å². The van der Waals surface area contributed by atoms with E-state index in [2.05, 4.69) is 37.9 Å². The first kappa shape index (κ1) is 12.1. The van der Waals surface area contributed by atoms with Crippen molar-refractivity contribution in [3.05, 3.63) is 29.8 Å². The lowest BCUT2D eigenvalue weighted by Crippen LogP contribution is -2.28. The monoisotopic (exact) mass is 207 g/mol. The third-order valence-corrected chi connectivity index (χ3v) is 2.81. The van der Waals surface area contributed by atoms with E-state index in [1.807, 2.05) is 12.1 Å². The van der Waals surface area contributed by atoms with Crippen LogP contribution in [0.2, 0.25) is 0 Å². The smallest absolute Gasteiger partial charge is 0.122 e. The summed E-state index contributed by atoms with van der Waals surface area (Å²) >= 11 is 0. The Hall–Kier alpha value is -1.02. The Kier molecular flexibility index (Phi) is 4.63. The predicted molar refractivity (Wildman–Crippen MR) is 64.5 cm³/mol. The normalized spacial score (nSPS) is 11.1. The number of likely N-dealkylation sites (N-methyl/N-ethyl adjacent to an activating group) is 1. The maximum atomic E-state index is 5.32. The van der Waals surface area contributed by atoms with E-state index in [1.54, 1.807) is 7.11 Å². The van der Waals surface area contributed by atoms with Crippen molar-refractivity contribution >= 4 is 0 Å². The van der Waals surface area contributed by atoms with Crippen molar-refractivity contribution in [2.75, 3.05) is 20.7 Å². The molecule has 0 aliphatic heterocycles. The molecule has 1 aromatic carbocycles. The summed E-state index contributed by atoms with van der Waals surface area (Å²) in [6.07, 6.45) is 1.04. The lowest BCUT2D eigenvalue weighted by Gasteiger charge is -2.21. The first-order valence-electron chi connectivity index (χ1n) is 5.47. The maximum Gasteiger partial charge on any atom is 0.122 e. The zero-order valence-electron chi connectivity index (χ0n) is 10.2. The minimum absolute atomic E-state index is 0.597. The summed E-state index contributed by atoms with van der Waals surface area (Å²) in [6, 6.07) is 8.82. The van der Waals surface area contributed by atoms with Crippen LogP contribution in [0, 0.1) is 0 Å². The molecule has 0 fully saturated rings. The van der Waals surface area contributed by atoms with Gasteiger partial charge in [-0.05, 0) is 38.9 Å². The van der Waals surface area contributed by atoms with Gasteiger partial charge in [-0.25, -0.2) is 0 Å². The van der Waals surface area contributed by atoms with Gasteiger partial charge < -0.3 is 9.64 Å². The van der Waals surface area contributed by atoms with Gasteiger partial charge in [-0.3, -0.25) is 0 Å². The van der Waals surface area contributed by atoms with E-state index in [-0.39, 0.29) is 0 Å². The fraction of sp³-hybridized carbons (Fsp3) is 0.538. The summed E-state index contributed by atoms with van der Waals surface area (Å²) in [7, 11) is 3.88. The molecule has 1 aromatic rings. The Labute approximate surface area is 92.9 Å². The number of ether oxygens (including phenoxy) is 1. The predicted octanol–water partition coefficient (Wildman–Crippen LogP) is 2.58. The Balaban J connectivity index is 2.57. The molecule has 0 N–H and O–H groups in total. The van der Waals surface area contributed by atoms with E-state index >= 15 is 0 Å². The number of methoxy groups -OCH3 is 1. The molecule has 15 heavy (non-hydrogen) atoms. The van der Waals surface area contributed by atoms with Crippen LogP contribution in [0.5, 0.6) is 5.75 Å². The van der Waals surface area contributed by atoms with E-state index in [9.17, 15) is 0 Å². The highest BCUT2D eigenvalue weighted by Crippen LogP contribution is 2.17. The molecule has 0 radical (unpaired) electrons. The Morgan fingerprint density at radius 3 is 2.53 bits per heavy atom. The van der Waals surface area contributed by atoms with E-state index < -0.39 is 0 Å². The molecular weight excluding hydrogens is 186 g/mol. The fourth-order valence-electron chi connectivity index (χ4n) is 1.46. The standard InChI is InChI=1S/C13H21NO/c1-11(2)14(3)10-9-12-7-5-6-8-13(12)15-4/h5-8,11H,9-10H2,1-4H3. The molecular formula is C13H21NO. The molecule has 0 saturated heterocycles. The number of benzene rings is 1. The van der Waals surface area contributed by atoms with Crippen LogP contribution in [-0.4, -0.2) is 31.6 Å². The van der Waals surface area contributed by atoms with Crippen LogP contribution < -0.4 is 4.74 Å². The molecule has 84 valence electrons. The first-order chi connectivity index (χ1) is 7.15.